The highest BCUT2D eigenvalue weighted by atomic mass is 32.1. The fourth-order valence-electron chi connectivity index (χ4n) is 2.80. The van der Waals surface area contributed by atoms with Crippen molar-refractivity contribution in [1.29, 1.82) is 0 Å². The topological polar surface area (TPSA) is 76.3 Å². The summed E-state index contributed by atoms with van der Waals surface area (Å²) in [5.74, 6) is 2.06. The van der Waals surface area contributed by atoms with Gasteiger partial charge in [0.15, 0.2) is 5.82 Å². The van der Waals surface area contributed by atoms with Gasteiger partial charge in [-0.25, -0.2) is 4.98 Å². The number of rotatable bonds is 4. The smallest absolute Gasteiger partial charge is 0.269 e. The molecule has 130 valence electrons. The molecule has 1 unspecified atom stereocenters. The lowest BCUT2D eigenvalue weighted by Crippen LogP contribution is -2.44. The van der Waals surface area contributed by atoms with Crippen molar-refractivity contribution in [1.82, 2.24) is 25.3 Å². The van der Waals surface area contributed by atoms with E-state index in [1.54, 1.807) is 13.3 Å². The maximum atomic E-state index is 5.47. The van der Waals surface area contributed by atoms with E-state index in [4.69, 9.17) is 9.26 Å². The number of likely N-dealkylation sites (N-methyl/N-ethyl adjacent to an activating group) is 1. The molecule has 8 heteroatoms. The van der Waals surface area contributed by atoms with E-state index in [0.29, 0.717) is 11.7 Å². The third kappa shape index (κ3) is 3.28. The van der Waals surface area contributed by atoms with E-state index in [2.05, 4.69) is 32.4 Å². The maximum absolute atomic E-state index is 5.47. The number of aromatic nitrogens is 3. The molecule has 1 aromatic carbocycles. The van der Waals surface area contributed by atoms with Crippen molar-refractivity contribution in [2.24, 2.45) is 0 Å². The zero-order valence-electron chi connectivity index (χ0n) is 14.1. The van der Waals surface area contributed by atoms with Crippen LogP contribution in [-0.2, 0) is 0 Å². The van der Waals surface area contributed by atoms with Crippen molar-refractivity contribution in [3.8, 4) is 27.1 Å². The van der Waals surface area contributed by atoms with Crippen molar-refractivity contribution < 1.29 is 9.26 Å². The van der Waals surface area contributed by atoms with E-state index >= 15 is 0 Å². The molecule has 0 spiro atoms. The van der Waals surface area contributed by atoms with Gasteiger partial charge in [0, 0.05) is 25.2 Å². The number of benzene rings is 1. The van der Waals surface area contributed by atoms with Gasteiger partial charge in [0.1, 0.15) is 15.6 Å². The molecule has 3 heterocycles. The van der Waals surface area contributed by atoms with E-state index in [1.807, 2.05) is 24.3 Å². The molecule has 0 amide bonds. The molecule has 0 radical (unpaired) electrons. The quantitative estimate of drug-likeness (QED) is 0.768. The molecular weight excluding hydrogens is 338 g/mol. The van der Waals surface area contributed by atoms with Crippen molar-refractivity contribution >= 4 is 11.3 Å². The van der Waals surface area contributed by atoms with Crippen LogP contribution in [0.1, 0.15) is 11.9 Å². The van der Waals surface area contributed by atoms with E-state index in [9.17, 15) is 0 Å². The largest absolute Gasteiger partial charge is 0.497 e. The molecule has 1 aliphatic rings. The van der Waals surface area contributed by atoms with Gasteiger partial charge in [0.2, 0.25) is 0 Å². The molecule has 1 atom stereocenters. The lowest BCUT2D eigenvalue weighted by Gasteiger charge is -2.30. The molecule has 1 aliphatic heterocycles. The fraction of sp³-hybridized carbons (Fsp3) is 0.353. The highest BCUT2D eigenvalue weighted by Gasteiger charge is 2.26. The first kappa shape index (κ1) is 16.2. The fourth-order valence-corrected chi connectivity index (χ4v) is 3.65. The van der Waals surface area contributed by atoms with Crippen molar-refractivity contribution in [3.05, 3.63) is 36.3 Å². The first-order chi connectivity index (χ1) is 12.2. The third-order valence-corrected chi connectivity index (χ3v) is 5.34. The second kappa shape index (κ2) is 6.91. The lowest BCUT2D eigenvalue weighted by atomic mass is 10.2. The summed E-state index contributed by atoms with van der Waals surface area (Å²) in [6.07, 6.45) is 1.78. The average molecular weight is 357 g/mol. The minimum absolute atomic E-state index is 0.139. The van der Waals surface area contributed by atoms with Crippen LogP contribution >= 0.6 is 11.3 Å². The summed E-state index contributed by atoms with van der Waals surface area (Å²) in [4.78, 5) is 12.2. The molecule has 1 saturated heterocycles. The number of piperazine rings is 1. The second-order valence-electron chi connectivity index (χ2n) is 5.92. The Morgan fingerprint density at radius 3 is 2.92 bits per heavy atom. The number of ether oxygens (including phenoxy) is 1. The number of nitrogens with zero attached hydrogens (tertiary/aromatic N) is 4. The summed E-state index contributed by atoms with van der Waals surface area (Å²) >= 11 is 1.54. The number of methoxy groups -OCH3 is 1. The minimum atomic E-state index is 0.139. The Morgan fingerprint density at radius 2 is 2.16 bits per heavy atom. The molecule has 1 fully saturated rings. The number of thiazole rings is 1. The molecule has 1 N–H and O–H groups in total. The Kier molecular flexibility index (Phi) is 4.48. The Morgan fingerprint density at radius 1 is 1.32 bits per heavy atom. The molecular formula is C17H19N5O2S. The van der Waals surface area contributed by atoms with E-state index in [1.165, 1.54) is 11.3 Å². The van der Waals surface area contributed by atoms with Gasteiger partial charge in [-0.1, -0.05) is 5.16 Å². The van der Waals surface area contributed by atoms with Crippen LogP contribution in [0, 0.1) is 0 Å². The molecule has 4 rings (SSSR count). The summed E-state index contributed by atoms with van der Waals surface area (Å²) in [6, 6.07) is 7.97. The normalized spacial score (nSPS) is 18.4. The van der Waals surface area contributed by atoms with Crippen LogP contribution in [0.5, 0.6) is 5.75 Å². The van der Waals surface area contributed by atoms with Crippen molar-refractivity contribution in [3.63, 3.8) is 0 Å². The molecule has 25 heavy (non-hydrogen) atoms. The van der Waals surface area contributed by atoms with Crippen molar-refractivity contribution in [2.75, 3.05) is 33.8 Å². The van der Waals surface area contributed by atoms with Gasteiger partial charge in [-0.2, -0.15) is 4.98 Å². The highest BCUT2D eigenvalue weighted by Crippen LogP contribution is 2.32. The van der Waals surface area contributed by atoms with Crippen LogP contribution in [0.4, 0.5) is 0 Å². The molecule has 0 bridgehead atoms. The summed E-state index contributed by atoms with van der Waals surface area (Å²) in [5.41, 5.74) is 1.04. The van der Waals surface area contributed by atoms with Crippen LogP contribution < -0.4 is 10.1 Å². The first-order valence-corrected chi connectivity index (χ1v) is 8.91. The standard InChI is InChI=1S/C17H19N5O2S/c1-22-8-7-18-9-13(22)15-20-16(24-21-15)14-10-19-17(25-14)11-3-5-12(23-2)6-4-11/h3-6,10,13,18H,7-9H2,1-2H3. The van der Waals surface area contributed by atoms with Crippen LogP contribution in [-0.4, -0.2) is 53.8 Å². The average Bonchev–Trinajstić information content (AvgIpc) is 3.32. The molecule has 0 saturated carbocycles. The van der Waals surface area contributed by atoms with E-state index < -0.39 is 0 Å². The minimum Gasteiger partial charge on any atom is -0.497 e. The van der Waals surface area contributed by atoms with Gasteiger partial charge in [0.25, 0.3) is 5.89 Å². The van der Waals surface area contributed by atoms with E-state index in [-0.39, 0.29) is 6.04 Å². The van der Waals surface area contributed by atoms with Gasteiger partial charge in [-0.3, -0.25) is 4.90 Å². The number of hydrogen-bond donors (Lipinski definition) is 1. The molecule has 3 aromatic rings. The highest BCUT2D eigenvalue weighted by molar-refractivity contribution is 7.18. The lowest BCUT2D eigenvalue weighted by molar-refractivity contribution is 0.190. The van der Waals surface area contributed by atoms with Crippen LogP contribution in [0.15, 0.2) is 35.0 Å². The predicted octanol–water partition coefficient (Wildman–Crippen LogP) is 2.44. The van der Waals surface area contributed by atoms with Gasteiger partial charge >= 0.3 is 0 Å². The Labute approximate surface area is 149 Å². The monoisotopic (exact) mass is 357 g/mol. The zero-order valence-corrected chi connectivity index (χ0v) is 14.9. The summed E-state index contributed by atoms with van der Waals surface area (Å²) in [6.45, 7) is 2.78. The van der Waals surface area contributed by atoms with Gasteiger partial charge < -0.3 is 14.6 Å². The van der Waals surface area contributed by atoms with Crippen LogP contribution in [0.3, 0.4) is 0 Å². The predicted molar refractivity (Wildman–Crippen MR) is 95.6 cm³/mol. The maximum Gasteiger partial charge on any atom is 0.269 e. The van der Waals surface area contributed by atoms with Crippen molar-refractivity contribution in [2.45, 2.75) is 6.04 Å². The zero-order chi connectivity index (χ0) is 17.2. The summed E-state index contributed by atoms with van der Waals surface area (Å²) in [7, 11) is 3.74. The molecule has 2 aromatic heterocycles. The van der Waals surface area contributed by atoms with E-state index in [0.717, 1.165) is 40.8 Å². The Hall–Kier alpha value is -2.29. The number of nitrogens with one attached hydrogen (secondary N) is 1. The summed E-state index contributed by atoms with van der Waals surface area (Å²) < 4.78 is 10.7. The SMILES string of the molecule is COc1ccc(-c2ncc(-c3nc(C4CNCCN4C)no3)s2)cc1. The first-order valence-electron chi connectivity index (χ1n) is 8.10. The Bertz CT molecular complexity index is 845. The van der Waals surface area contributed by atoms with Gasteiger partial charge in [-0.05, 0) is 31.3 Å². The molecule has 0 aliphatic carbocycles. The Balaban J connectivity index is 1.55. The summed E-state index contributed by atoms with van der Waals surface area (Å²) in [5, 5.41) is 8.44. The third-order valence-electron chi connectivity index (χ3n) is 4.30. The number of hydrogen-bond acceptors (Lipinski definition) is 8. The van der Waals surface area contributed by atoms with Gasteiger partial charge in [-0.15, -0.1) is 11.3 Å². The second-order valence-corrected chi connectivity index (χ2v) is 6.95. The molecule has 7 nitrogen and oxygen atoms in total. The van der Waals surface area contributed by atoms with Gasteiger partial charge in [0.05, 0.1) is 19.3 Å². The van der Waals surface area contributed by atoms with Crippen LogP contribution in [0.2, 0.25) is 0 Å². The van der Waals surface area contributed by atoms with Crippen LogP contribution in [0.25, 0.3) is 21.3 Å².